The molecule has 0 spiro atoms. The lowest BCUT2D eigenvalue weighted by atomic mass is 10.0. The Bertz CT molecular complexity index is 911. The van der Waals surface area contributed by atoms with Gasteiger partial charge in [-0.25, -0.2) is 4.99 Å². The van der Waals surface area contributed by atoms with Gasteiger partial charge in [-0.15, -0.1) is 11.8 Å². The molecule has 2 amide bonds. The monoisotopic (exact) mass is 398 g/mol. The predicted octanol–water partition coefficient (Wildman–Crippen LogP) is 4.32. The average Bonchev–Trinajstić information content (AvgIpc) is 3.15. The molecule has 6 heteroatoms. The quantitative estimate of drug-likeness (QED) is 0.771. The van der Waals surface area contributed by atoms with Crippen LogP contribution in [-0.4, -0.2) is 28.8 Å². The molecule has 0 bridgehead atoms. The number of thioether (sulfide) groups is 1. The van der Waals surface area contributed by atoms with Crippen molar-refractivity contribution < 1.29 is 9.59 Å². The Labute approximate surface area is 167 Å². The summed E-state index contributed by atoms with van der Waals surface area (Å²) in [6, 6.07) is 7.61. The number of carbonyl (C=O) groups is 2. The molecule has 1 unspecified atom stereocenters. The van der Waals surface area contributed by atoms with E-state index in [-0.39, 0.29) is 23.1 Å². The van der Waals surface area contributed by atoms with E-state index in [1.54, 1.807) is 18.2 Å². The molecule has 1 aliphatic heterocycles. The lowest BCUT2D eigenvalue weighted by Gasteiger charge is -2.23. The van der Waals surface area contributed by atoms with Crippen molar-refractivity contribution in [3.63, 3.8) is 0 Å². The van der Waals surface area contributed by atoms with Crippen molar-refractivity contribution in [2.75, 3.05) is 0 Å². The number of nitrogens with zero attached hydrogens (tertiary/aromatic N) is 1. The molecule has 2 aliphatic carbocycles. The maximum absolute atomic E-state index is 12.4. The summed E-state index contributed by atoms with van der Waals surface area (Å²) in [5, 5.41) is 3.64. The van der Waals surface area contributed by atoms with Crippen molar-refractivity contribution in [2.24, 2.45) is 4.99 Å². The zero-order valence-electron chi connectivity index (χ0n) is 14.7. The number of fused-ring (bicyclic) bond motifs is 1. The minimum atomic E-state index is -0.284. The number of halogens is 1. The van der Waals surface area contributed by atoms with Gasteiger partial charge >= 0.3 is 0 Å². The SMILES string of the molecule is O=C(NC1CCCC1)C1=CC2=NC(=O)/C(=C\c3cccc(Cl)c3)SC2C=C1. The Hall–Kier alpha value is -2.11. The maximum atomic E-state index is 12.4. The van der Waals surface area contributed by atoms with Gasteiger partial charge in [0, 0.05) is 16.6 Å². The molecule has 0 saturated heterocycles. The van der Waals surface area contributed by atoms with Crippen LogP contribution in [0.2, 0.25) is 5.02 Å². The lowest BCUT2D eigenvalue weighted by molar-refractivity contribution is -0.118. The van der Waals surface area contributed by atoms with Crippen molar-refractivity contribution in [1.29, 1.82) is 0 Å². The van der Waals surface area contributed by atoms with Crippen LogP contribution in [0.4, 0.5) is 0 Å². The van der Waals surface area contributed by atoms with Gasteiger partial charge in [-0.2, -0.15) is 0 Å². The number of rotatable bonds is 3. The van der Waals surface area contributed by atoms with Crippen molar-refractivity contribution in [3.05, 3.63) is 63.6 Å². The minimum Gasteiger partial charge on any atom is -0.349 e. The van der Waals surface area contributed by atoms with E-state index in [1.807, 2.05) is 30.4 Å². The molecule has 138 valence electrons. The highest BCUT2D eigenvalue weighted by atomic mass is 35.5. The molecule has 1 aromatic rings. The molecule has 1 heterocycles. The fraction of sp³-hybridized carbons (Fsp3) is 0.286. The maximum Gasteiger partial charge on any atom is 0.283 e. The summed E-state index contributed by atoms with van der Waals surface area (Å²) >= 11 is 7.46. The van der Waals surface area contributed by atoms with E-state index < -0.39 is 0 Å². The van der Waals surface area contributed by atoms with Gasteiger partial charge in [0.1, 0.15) is 0 Å². The van der Waals surface area contributed by atoms with Gasteiger partial charge in [-0.05, 0) is 42.7 Å². The number of hydrogen-bond acceptors (Lipinski definition) is 3. The summed E-state index contributed by atoms with van der Waals surface area (Å²) in [4.78, 5) is 29.7. The van der Waals surface area contributed by atoms with Gasteiger partial charge in [-0.3, -0.25) is 9.59 Å². The highest BCUT2D eigenvalue weighted by Gasteiger charge is 2.29. The standard InChI is InChI=1S/C21H19ClN2O2S/c22-15-5-3-4-13(10-15)11-19-21(26)24-17-12-14(8-9-18(17)27-19)20(25)23-16-6-1-2-7-16/h3-5,8-12,16,18H,1-2,6-7H2,(H,23,25)/b19-11+. The van der Waals surface area contributed by atoms with Crippen LogP contribution in [0.5, 0.6) is 0 Å². The summed E-state index contributed by atoms with van der Waals surface area (Å²) in [7, 11) is 0. The molecule has 4 nitrogen and oxygen atoms in total. The summed E-state index contributed by atoms with van der Waals surface area (Å²) < 4.78 is 0. The molecule has 1 saturated carbocycles. The average molecular weight is 399 g/mol. The first kappa shape index (κ1) is 18.3. The van der Waals surface area contributed by atoms with Crippen LogP contribution in [0.3, 0.4) is 0 Å². The fourth-order valence-corrected chi connectivity index (χ4v) is 4.68. The van der Waals surface area contributed by atoms with Crippen LogP contribution in [0.15, 0.2) is 58.0 Å². The minimum absolute atomic E-state index is 0.0591. The second-order valence-corrected chi connectivity index (χ2v) is 8.48. The molecule has 0 aromatic heterocycles. The second-order valence-electron chi connectivity index (χ2n) is 6.86. The van der Waals surface area contributed by atoms with Gasteiger partial charge in [-0.1, -0.05) is 48.7 Å². The van der Waals surface area contributed by atoms with E-state index in [9.17, 15) is 9.59 Å². The van der Waals surface area contributed by atoms with Gasteiger partial charge in [0.2, 0.25) is 0 Å². The first-order valence-corrected chi connectivity index (χ1v) is 10.3. The summed E-state index contributed by atoms with van der Waals surface area (Å²) in [6.07, 6.45) is 11.7. The van der Waals surface area contributed by atoms with Crippen LogP contribution < -0.4 is 5.32 Å². The van der Waals surface area contributed by atoms with E-state index in [1.165, 1.54) is 24.6 Å². The molecular weight excluding hydrogens is 380 g/mol. The molecule has 1 aromatic carbocycles. The topological polar surface area (TPSA) is 58.5 Å². The Kier molecular flexibility index (Phi) is 5.32. The third-order valence-corrected chi connectivity index (χ3v) is 6.27. The highest BCUT2D eigenvalue weighted by molar-refractivity contribution is 8.05. The predicted molar refractivity (Wildman–Crippen MR) is 111 cm³/mol. The largest absolute Gasteiger partial charge is 0.349 e. The van der Waals surface area contributed by atoms with Crippen LogP contribution in [0.25, 0.3) is 6.08 Å². The van der Waals surface area contributed by atoms with Crippen molar-refractivity contribution in [1.82, 2.24) is 5.32 Å². The number of hydrogen-bond donors (Lipinski definition) is 1. The molecule has 1 fully saturated rings. The zero-order valence-corrected chi connectivity index (χ0v) is 16.2. The molecule has 4 rings (SSSR count). The molecule has 1 atom stereocenters. The number of allylic oxidation sites excluding steroid dienone is 1. The smallest absolute Gasteiger partial charge is 0.283 e. The van der Waals surface area contributed by atoms with Crippen LogP contribution in [0, 0.1) is 0 Å². The number of amides is 2. The van der Waals surface area contributed by atoms with Crippen LogP contribution in [-0.2, 0) is 9.59 Å². The molecule has 3 aliphatic rings. The van der Waals surface area contributed by atoms with Crippen LogP contribution >= 0.6 is 23.4 Å². The summed E-state index contributed by atoms with van der Waals surface area (Å²) in [5.74, 6) is -0.370. The van der Waals surface area contributed by atoms with Crippen LogP contribution in [0.1, 0.15) is 31.2 Å². The van der Waals surface area contributed by atoms with E-state index in [0.717, 1.165) is 18.4 Å². The van der Waals surface area contributed by atoms with Gasteiger partial charge < -0.3 is 5.32 Å². The third kappa shape index (κ3) is 4.25. The van der Waals surface area contributed by atoms with E-state index in [2.05, 4.69) is 10.3 Å². The second kappa shape index (κ2) is 7.87. The number of nitrogens with one attached hydrogen (secondary N) is 1. The van der Waals surface area contributed by atoms with E-state index in [0.29, 0.717) is 21.2 Å². The summed E-state index contributed by atoms with van der Waals surface area (Å²) in [5.41, 5.74) is 2.06. The third-order valence-electron chi connectivity index (χ3n) is 4.84. The van der Waals surface area contributed by atoms with Crippen molar-refractivity contribution in [2.45, 2.75) is 37.0 Å². The normalized spacial score (nSPS) is 23.8. The van der Waals surface area contributed by atoms with Gasteiger partial charge in [0.15, 0.2) is 0 Å². The Morgan fingerprint density at radius 1 is 1.30 bits per heavy atom. The fourth-order valence-electron chi connectivity index (χ4n) is 3.46. The molecule has 27 heavy (non-hydrogen) atoms. The van der Waals surface area contributed by atoms with Gasteiger partial charge in [0.05, 0.1) is 15.9 Å². The number of aliphatic imine (C=N–C) groups is 1. The molecule has 1 N–H and O–H groups in total. The van der Waals surface area contributed by atoms with Crippen molar-refractivity contribution >= 4 is 47.0 Å². The molecule has 0 radical (unpaired) electrons. The number of benzene rings is 1. The first-order valence-electron chi connectivity index (χ1n) is 9.06. The Morgan fingerprint density at radius 3 is 2.89 bits per heavy atom. The Balaban J connectivity index is 1.52. The van der Waals surface area contributed by atoms with Gasteiger partial charge in [0.25, 0.3) is 11.8 Å². The summed E-state index contributed by atoms with van der Waals surface area (Å²) in [6.45, 7) is 0. The first-order chi connectivity index (χ1) is 13.1. The highest BCUT2D eigenvalue weighted by Crippen LogP contribution is 2.34. The van der Waals surface area contributed by atoms with Crippen molar-refractivity contribution in [3.8, 4) is 0 Å². The lowest BCUT2D eigenvalue weighted by Crippen LogP contribution is -2.35. The zero-order chi connectivity index (χ0) is 18.8. The van der Waals surface area contributed by atoms with E-state index in [4.69, 9.17) is 11.6 Å². The Morgan fingerprint density at radius 2 is 2.11 bits per heavy atom. The van der Waals surface area contributed by atoms with E-state index >= 15 is 0 Å². The number of carbonyl (C=O) groups excluding carboxylic acids is 2. The molecular formula is C21H19ClN2O2S.